The number of carbonyl (C=O) groups excluding carboxylic acids is 1. The maximum Gasteiger partial charge on any atom is 0.276 e. The van der Waals surface area contributed by atoms with Gasteiger partial charge >= 0.3 is 0 Å². The predicted octanol–water partition coefficient (Wildman–Crippen LogP) is 5.33. The van der Waals surface area contributed by atoms with Crippen LogP contribution in [0.25, 0.3) is 22.0 Å². The molecule has 0 saturated heterocycles. The summed E-state index contributed by atoms with van der Waals surface area (Å²) in [6, 6.07) is 17.8. The van der Waals surface area contributed by atoms with Gasteiger partial charge < -0.3 is 0 Å². The fourth-order valence-electron chi connectivity index (χ4n) is 2.68. The Bertz CT molecular complexity index is 1070. The summed E-state index contributed by atoms with van der Waals surface area (Å²) in [4.78, 5) is 22.6. The summed E-state index contributed by atoms with van der Waals surface area (Å²) >= 11 is 3.11. The third-order valence-corrected chi connectivity index (χ3v) is 5.50. The Balaban J connectivity index is 1.57. The van der Waals surface area contributed by atoms with Gasteiger partial charge in [-0.15, -0.1) is 23.1 Å². The molecule has 0 fully saturated rings. The number of carbonyl (C=O) groups is 1. The van der Waals surface area contributed by atoms with E-state index in [-0.39, 0.29) is 5.91 Å². The lowest BCUT2D eigenvalue weighted by atomic mass is 10.1. The minimum Gasteiger partial charge on any atom is -0.296 e. The summed E-state index contributed by atoms with van der Waals surface area (Å²) in [7, 11) is 0. The Morgan fingerprint density at radius 1 is 1.08 bits per heavy atom. The number of nitrogens with zero attached hydrogens (tertiary/aromatic N) is 2. The Morgan fingerprint density at radius 3 is 2.69 bits per heavy atom. The van der Waals surface area contributed by atoms with Crippen LogP contribution in [0.3, 0.4) is 0 Å². The minimum absolute atomic E-state index is 0.250. The molecule has 1 amide bonds. The van der Waals surface area contributed by atoms with E-state index >= 15 is 0 Å². The molecule has 0 aliphatic rings. The van der Waals surface area contributed by atoms with Crippen LogP contribution in [0.5, 0.6) is 0 Å². The van der Waals surface area contributed by atoms with E-state index in [1.165, 1.54) is 16.2 Å². The number of pyridine rings is 1. The van der Waals surface area contributed by atoms with Gasteiger partial charge in [0.1, 0.15) is 5.69 Å². The molecule has 0 spiro atoms. The zero-order valence-corrected chi connectivity index (χ0v) is 15.6. The first-order chi connectivity index (χ1) is 12.7. The highest BCUT2D eigenvalue weighted by Crippen LogP contribution is 2.27. The van der Waals surface area contributed by atoms with Crippen LogP contribution in [0.15, 0.2) is 71.1 Å². The van der Waals surface area contributed by atoms with Crippen molar-refractivity contribution in [2.75, 3.05) is 11.6 Å². The molecule has 2 aromatic carbocycles. The van der Waals surface area contributed by atoms with Gasteiger partial charge in [0.2, 0.25) is 0 Å². The Kier molecular flexibility index (Phi) is 4.69. The number of rotatable bonds is 4. The van der Waals surface area contributed by atoms with Crippen molar-refractivity contribution >= 4 is 44.9 Å². The fourth-order valence-corrected chi connectivity index (χ4v) is 3.81. The lowest BCUT2D eigenvalue weighted by Crippen LogP contribution is -2.13. The van der Waals surface area contributed by atoms with E-state index < -0.39 is 0 Å². The smallest absolute Gasteiger partial charge is 0.276 e. The molecular weight excluding hydrogens is 362 g/mol. The van der Waals surface area contributed by atoms with E-state index in [9.17, 15) is 4.79 Å². The van der Waals surface area contributed by atoms with Crippen LogP contribution in [0.4, 0.5) is 5.13 Å². The molecule has 0 aliphatic carbocycles. The van der Waals surface area contributed by atoms with Gasteiger partial charge in [0.15, 0.2) is 5.13 Å². The zero-order valence-electron chi connectivity index (χ0n) is 14.0. The molecule has 6 heteroatoms. The second-order valence-corrected chi connectivity index (χ2v) is 7.34. The first-order valence-electron chi connectivity index (χ1n) is 7.99. The van der Waals surface area contributed by atoms with Crippen molar-refractivity contribution in [3.8, 4) is 11.3 Å². The number of thiazole rings is 1. The number of aromatic nitrogens is 2. The van der Waals surface area contributed by atoms with Gasteiger partial charge in [-0.1, -0.05) is 36.4 Å². The number of hydrogen-bond acceptors (Lipinski definition) is 5. The van der Waals surface area contributed by atoms with Gasteiger partial charge in [0, 0.05) is 27.4 Å². The summed E-state index contributed by atoms with van der Waals surface area (Å²) in [5, 5.41) is 7.19. The van der Waals surface area contributed by atoms with E-state index in [0.717, 1.165) is 22.0 Å². The molecule has 26 heavy (non-hydrogen) atoms. The number of thioether (sulfide) groups is 1. The molecule has 2 heterocycles. The average Bonchev–Trinajstić information content (AvgIpc) is 3.16. The first kappa shape index (κ1) is 16.8. The lowest BCUT2D eigenvalue weighted by molar-refractivity contribution is 0.102. The van der Waals surface area contributed by atoms with Crippen molar-refractivity contribution in [1.82, 2.24) is 9.97 Å². The molecule has 4 nitrogen and oxygen atoms in total. The fraction of sp³-hybridized carbons (Fsp3) is 0.0500. The standard InChI is InChI=1S/C20H15N3OS2/c1-25-15-8-6-14(7-9-15)17-12-26-20(22-17)23-19(24)18-16-5-3-2-4-13(16)10-11-21-18/h2-12H,1H3,(H,22,23,24). The second-order valence-electron chi connectivity index (χ2n) is 5.60. The molecule has 0 radical (unpaired) electrons. The van der Waals surface area contributed by atoms with E-state index in [4.69, 9.17) is 0 Å². The zero-order chi connectivity index (χ0) is 17.9. The third kappa shape index (κ3) is 3.34. The highest BCUT2D eigenvalue weighted by molar-refractivity contribution is 7.98. The quantitative estimate of drug-likeness (QED) is 0.488. The van der Waals surface area contributed by atoms with Gasteiger partial charge in [-0.05, 0) is 29.8 Å². The highest BCUT2D eigenvalue weighted by Gasteiger charge is 2.14. The summed E-state index contributed by atoms with van der Waals surface area (Å²) in [5.41, 5.74) is 2.29. The maximum atomic E-state index is 12.6. The molecule has 0 atom stereocenters. The van der Waals surface area contributed by atoms with Gasteiger partial charge in [-0.2, -0.15) is 0 Å². The van der Waals surface area contributed by atoms with Gasteiger partial charge in [-0.3, -0.25) is 15.1 Å². The van der Waals surface area contributed by atoms with Crippen LogP contribution in [0.1, 0.15) is 10.5 Å². The van der Waals surface area contributed by atoms with Crippen molar-refractivity contribution in [1.29, 1.82) is 0 Å². The van der Waals surface area contributed by atoms with Crippen LogP contribution in [-0.2, 0) is 0 Å². The lowest BCUT2D eigenvalue weighted by Gasteiger charge is -2.05. The van der Waals surface area contributed by atoms with E-state index in [0.29, 0.717) is 10.8 Å². The van der Waals surface area contributed by atoms with Crippen molar-refractivity contribution in [2.45, 2.75) is 4.90 Å². The molecule has 0 saturated carbocycles. The topological polar surface area (TPSA) is 54.9 Å². The summed E-state index contributed by atoms with van der Waals surface area (Å²) in [6.45, 7) is 0. The van der Waals surface area contributed by atoms with Crippen molar-refractivity contribution < 1.29 is 4.79 Å². The molecule has 2 aromatic heterocycles. The summed E-state index contributed by atoms with van der Waals surface area (Å²) in [5.74, 6) is -0.250. The largest absolute Gasteiger partial charge is 0.296 e. The van der Waals surface area contributed by atoms with Crippen LogP contribution in [0, 0.1) is 0 Å². The average molecular weight is 377 g/mol. The number of benzene rings is 2. The molecule has 0 unspecified atom stereocenters. The molecule has 0 bridgehead atoms. The number of amides is 1. The van der Waals surface area contributed by atoms with Crippen molar-refractivity contribution in [3.63, 3.8) is 0 Å². The molecule has 1 N–H and O–H groups in total. The molecule has 4 aromatic rings. The van der Waals surface area contributed by atoms with Crippen molar-refractivity contribution in [2.24, 2.45) is 0 Å². The van der Waals surface area contributed by atoms with Gasteiger partial charge in [0.25, 0.3) is 5.91 Å². The van der Waals surface area contributed by atoms with E-state index in [2.05, 4.69) is 27.4 Å². The minimum atomic E-state index is -0.250. The number of fused-ring (bicyclic) bond motifs is 1. The highest BCUT2D eigenvalue weighted by atomic mass is 32.2. The van der Waals surface area contributed by atoms with Gasteiger partial charge in [-0.25, -0.2) is 4.98 Å². The molecule has 0 aliphatic heterocycles. The van der Waals surface area contributed by atoms with Crippen molar-refractivity contribution in [3.05, 3.63) is 71.9 Å². The summed E-state index contributed by atoms with van der Waals surface area (Å²) in [6.07, 6.45) is 3.70. The normalized spacial score (nSPS) is 10.8. The van der Waals surface area contributed by atoms with Crippen LogP contribution >= 0.6 is 23.1 Å². The van der Waals surface area contributed by atoms with E-state index in [1.54, 1.807) is 18.0 Å². The number of anilines is 1. The third-order valence-electron chi connectivity index (χ3n) is 4.00. The molecular formula is C20H15N3OS2. The second kappa shape index (κ2) is 7.27. The van der Waals surface area contributed by atoms with Crippen LogP contribution in [0.2, 0.25) is 0 Å². The van der Waals surface area contributed by atoms with Crippen LogP contribution < -0.4 is 5.32 Å². The van der Waals surface area contributed by atoms with E-state index in [1.807, 2.05) is 54.1 Å². The number of nitrogens with one attached hydrogen (secondary N) is 1. The Labute approximate surface area is 159 Å². The maximum absolute atomic E-state index is 12.6. The van der Waals surface area contributed by atoms with Gasteiger partial charge in [0.05, 0.1) is 5.69 Å². The Morgan fingerprint density at radius 2 is 1.88 bits per heavy atom. The van der Waals surface area contributed by atoms with Crippen LogP contribution in [-0.4, -0.2) is 22.1 Å². The Hall–Kier alpha value is -2.70. The SMILES string of the molecule is CSc1ccc(-c2csc(NC(=O)c3nccc4ccccc34)n2)cc1. The summed E-state index contributed by atoms with van der Waals surface area (Å²) < 4.78 is 0. The monoisotopic (exact) mass is 377 g/mol. The predicted molar refractivity (Wildman–Crippen MR) is 109 cm³/mol. The first-order valence-corrected chi connectivity index (χ1v) is 10.1. The molecule has 4 rings (SSSR count). The molecule has 128 valence electrons. The number of hydrogen-bond donors (Lipinski definition) is 1.